The number of hydrogen-bond acceptors (Lipinski definition) is 16. The number of unbranched alkanes of at least 4 members (excludes halogenated alkanes) is 9. The van der Waals surface area contributed by atoms with Gasteiger partial charge in [-0.15, -0.1) is 0 Å². The van der Waals surface area contributed by atoms with Gasteiger partial charge in [0.05, 0.1) is 68.7 Å². The van der Waals surface area contributed by atoms with Crippen molar-refractivity contribution in [1.29, 1.82) is 0 Å². The van der Waals surface area contributed by atoms with Gasteiger partial charge in [0.25, 0.3) is 7.82 Å². The molecule has 0 aliphatic heterocycles. The van der Waals surface area contributed by atoms with Crippen LogP contribution in [0.5, 0.6) is 0 Å². The zero-order valence-corrected chi connectivity index (χ0v) is 44.7. The minimum atomic E-state index is -4.67. The third kappa shape index (κ3) is 25.3. The lowest BCUT2D eigenvalue weighted by Gasteiger charge is -2.42. The van der Waals surface area contributed by atoms with Gasteiger partial charge in [-0.2, -0.15) is 0 Å². The van der Waals surface area contributed by atoms with Crippen molar-refractivity contribution in [3.8, 4) is 0 Å². The summed E-state index contributed by atoms with van der Waals surface area (Å²) in [7, 11) is 2.57. The van der Waals surface area contributed by atoms with Gasteiger partial charge < -0.3 is 55.8 Å². The van der Waals surface area contributed by atoms with E-state index in [0.29, 0.717) is 29.9 Å². The lowest BCUT2D eigenvalue weighted by Crippen LogP contribution is -2.47. The Balaban J connectivity index is 6.50. The summed E-state index contributed by atoms with van der Waals surface area (Å²) in [4.78, 5) is 68.6. The van der Waals surface area contributed by atoms with E-state index < -0.39 is 81.5 Å². The van der Waals surface area contributed by atoms with Crippen LogP contribution in [0.15, 0.2) is 0 Å². The molecule has 0 bridgehead atoms. The molecule has 0 saturated heterocycles. The summed E-state index contributed by atoms with van der Waals surface area (Å²) in [6, 6.07) is 0.393. The highest BCUT2D eigenvalue weighted by Crippen LogP contribution is 2.50. The second-order valence-corrected chi connectivity index (χ2v) is 24.5. The van der Waals surface area contributed by atoms with Crippen molar-refractivity contribution in [3.05, 3.63) is 0 Å². The predicted molar refractivity (Wildman–Crippen MR) is 248 cm³/mol. The Bertz CT molecular complexity index is 1430. The first-order valence-electron chi connectivity index (χ1n) is 23.6. The van der Waals surface area contributed by atoms with Gasteiger partial charge in [-0.25, -0.2) is 0 Å². The molecule has 0 aliphatic carbocycles. The summed E-state index contributed by atoms with van der Waals surface area (Å²) in [6.45, 7) is 12.8. The van der Waals surface area contributed by atoms with E-state index in [1.807, 2.05) is 21.1 Å². The van der Waals surface area contributed by atoms with Crippen LogP contribution in [0.25, 0.3) is 0 Å². The van der Waals surface area contributed by atoms with Gasteiger partial charge in [-0.1, -0.05) is 71.6 Å². The number of quaternary nitrogens is 1. The quantitative estimate of drug-likeness (QED) is 0.0157. The van der Waals surface area contributed by atoms with Crippen LogP contribution >= 0.6 is 7.82 Å². The first-order chi connectivity index (χ1) is 30.1. The SMILES string of the molecule is CCCCCCCCCCCCOC(=O)C(C)(CC(C)(CC)C(=O)OCCOP(=O)([O-])OCC[N+](C)(C)C)CC(C)(CC(C)(C)C(=O)OCCC[Si](OC)(OC)OC)C(=O)OCC(C)O. The highest BCUT2D eigenvalue weighted by atomic mass is 31.2. The van der Waals surface area contributed by atoms with Gasteiger partial charge >= 0.3 is 32.7 Å². The smallest absolute Gasteiger partial charge is 0.500 e. The van der Waals surface area contributed by atoms with E-state index in [9.17, 15) is 33.7 Å². The number of likely N-dealkylation sites (N-methyl/N-ethyl adjacent to an activating group) is 1. The average molecular weight is 972 g/mol. The Morgan fingerprint density at radius 2 is 1.03 bits per heavy atom. The molecule has 0 saturated carbocycles. The zero-order chi connectivity index (χ0) is 50.0. The summed E-state index contributed by atoms with van der Waals surface area (Å²) in [6.07, 6.45) is 10.0. The second-order valence-electron chi connectivity index (χ2n) is 20.0. The maximum atomic E-state index is 14.5. The largest absolute Gasteiger partial charge is 0.756 e. The maximum Gasteiger partial charge on any atom is 0.500 e. The number of phosphoric acid groups is 1. The van der Waals surface area contributed by atoms with E-state index in [0.717, 1.165) is 25.7 Å². The molecule has 0 heterocycles. The number of carbonyl (C=O) groups excluding carboxylic acids is 4. The third-order valence-corrected chi connectivity index (χ3v) is 15.6. The molecular weight excluding hydrogens is 882 g/mol. The number of ether oxygens (including phenoxy) is 4. The molecule has 65 heavy (non-hydrogen) atoms. The Morgan fingerprint density at radius 3 is 1.54 bits per heavy atom. The van der Waals surface area contributed by atoms with E-state index >= 15 is 0 Å². The van der Waals surface area contributed by atoms with Crippen LogP contribution in [-0.4, -0.2) is 137 Å². The molecule has 19 heteroatoms. The van der Waals surface area contributed by atoms with E-state index in [1.165, 1.54) is 60.4 Å². The molecule has 1 N–H and O–H groups in total. The molecule has 0 aromatic heterocycles. The van der Waals surface area contributed by atoms with Crippen LogP contribution in [0.3, 0.4) is 0 Å². The van der Waals surface area contributed by atoms with Crippen molar-refractivity contribution in [2.75, 3.05) is 88.7 Å². The molecule has 17 nitrogen and oxygen atoms in total. The molecule has 0 fully saturated rings. The van der Waals surface area contributed by atoms with Crippen LogP contribution in [-0.2, 0) is 65.0 Å². The molecule has 384 valence electrons. The van der Waals surface area contributed by atoms with E-state index in [1.54, 1.807) is 41.5 Å². The van der Waals surface area contributed by atoms with Gasteiger partial charge in [0.15, 0.2) is 0 Å². The summed E-state index contributed by atoms with van der Waals surface area (Å²) in [5.41, 5.74) is -5.71. The van der Waals surface area contributed by atoms with Gasteiger partial charge in [0.2, 0.25) is 0 Å². The molecule has 0 aromatic rings. The number of phosphoric ester groups is 1. The van der Waals surface area contributed by atoms with Crippen LogP contribution in [0, 0.1) is 21.7 Å². The molecule has 0 aromatic carbocycles. The Kier molecular flexibility index (Phi) is 29.6. The van der Waals surface area contributed by atoms with Crippen LogP contribution < -0.4 is 4.89 Å². The summed E-state index contributed by atoms with van der Waals surface area (Å²) in [5, 5.41) is 10.1. The van der Waals surface area contributed by atoms with Crippen molar-refractivity contribution in [1.82, 2.24) is 0 Å². The number of nitrogens with zero attached hydrogens (tertiary/aromatic N) is 1. The van der Waals surface area contributed by atoms with Crippen LogP contribution in [0.1, 0.15) is 152 Å². The van der Waals surface area contributed by atoms with Crippen molar-refractivity contribution in [3.63, 3.8) is 0 Å². The van der Waals surface area contributed by atoms with Crippen molar-refractivity contribution < 1.29 is 79.5 Å². The van der Waals surface area contributed by atoms with Gasteiger partial charge in [0, 0.05) is 27.4 Å². The van der Waals surface area contributed by atoms with Gasteiger partial charge in [0.1, 0.15) is 26.4 Å². The number of aliphatic hydroxyl groups excluding tert-OH is 1. The number of esters is 4. The molecule has 0 aliphatic rings. The zero-order valence-electron chi connectivity index (χ0n) is 42.8. The predicted octanol–water partition coefficient (Wildman–Crippen LogP) is 7.56. The van der Waals surface area contributed by atoms with Gasteiger partial charge in [-0.3, -0.25) is 23.7 Å². The molecule has 0 spiro atoms. The normalized spacial score (nSPS) is 16.6. The fraction of sp³-hybridized carbons (Fsp3) is 0.913. The average Bonchev–Trinajstić information content (AvgIpc) is 3.22. The summed E-state index contributed by atoms with van der Waals surface area (Å²) >= 11 is 0. The Hall–Kier alpha value is -1.99. The second kappa shape index (κ2) is 30.5. The van der Waals surface area contributed by atoms with E-state index in [-0.39, 0.29) is 52.1 Å². The summed E-state index contributed by atoms with van der Waals surface area (Å²) < 4.78 is 61.9. The Labute approximate surface area is 393 Å². The monoisotopic (exact) mass is 972 g/mol. The highest BCUT2D eigenvalue weighted by molar-refractivity contribution is 7.45. The maximum absolute atomic E-state index is 14.5. The Morgan fingerprint density at radius 1 is 0.600 bits per heavy atom. The molecular formula is C46H90NO16PSi. The lowest BCUT2D eigenvalue weighted by molar-refractivity contribution is -0.870. The van der Waals surface area contributed by atoms with Crippen molar-refractivity contribution in [2.45, 2.75) is 164 Å². The highest BCUT2D eigenvalue weighted by Gasteiger charge is 2.53. The molecule has 5 atom stereocenters. The van der Waals surface area contributed by atoms with E-state index in [4.69, 9.17) is 41.3 Å². The minimum absolute atomic E-state index is 0.0251. The number of hydrogen-bond donors (Lipinski definition) is 1. The fourth-order valence-corrected chi connectivity index (χ4v) is 10.3. The number of aliphatic hydroxyl groups is 1. The standard InChI is InChI=1S/C46H90NO16PSi/c1-15-17-18-19-20-21-22-23-24-25-28-59-41(51)46(8,36-44(6,16-2)40(50)60-31-32-63-64(53,54)62-30-27-47(9,10)11)37-45(7,42(52)61-34-38(3)48)35-43(4,5)39(49)58-29-26-33-65(55-12,56-13)57-14/h38,48H,15-37H2,1-14H3. The third-order valence-electron chi connectivity index (χ3n) is 11.8. The van der Waals surface area contributed by atoms with E-state index in [2.05, 4.69) is 6.92 Å². The molecule has 5 unspecified atom stereocenters. The number of carbonyl (C=O) groups is 4. The van der Waals surface area contributed by atoms with Gasteiger partial charge in [-0.05, 0) is 80.1 Å². The molecule has 0 amide bonds. The van der Waals surface area contributed by atoms with Crippen molar-refractivity contribution in [2.24, 2.45) is 21.7 Å². The first-order valence-corrected chi connectivity index (χ1v) is 27.0. The van der Waals surface area contributed by atoms with Crippen LogP contribution in [0.2, 0.25) is 6.04 Å². The first kappa shape index (κ1) is 63.0. The minimum Gasteiger partial charge on any atom is -0.756 e. The van der Waals surface area contributed by atoms with Crippen molar-refractivity contribution >= 4 is 40.5 Å². The topological polar surface area (TPSA) is 212 Å². The lowest BCUT2D eigenvalue weighted by atomic mass is 9.61. The molecule has 0 rings (SSSR count). The molecule has 0 radical (unpaired) electrons. The summed E-state index contributed by atoms with van der Waals surface area (Å²) in [5.74, 6) is -2.71. The fourth-order valence-electron chi connectivity index (χ4n) is 7.95. The van der Waals surface area contributed by atoms with Crippen LogP contribution in [0.4, 0.5) is 0 Å². The number of rotatable bonds is 39.